The molecule has 3 aliphatic rings. The van der Waals surface area contributed by atoms with E-state index >= 15 is 0 Å². The predicted octanol–water partition coefficient (Wildman–Crippen LogP) is 6.02. The molecule has 0 saturated heterocycles. The summed E-state index contributed by atoms with van der Waals surface area (Å²) in [6, 6.07) is 7.37. The highest BCUT2D eigenvalue weighted by Gasteiger charge is 2.83. The van der Waals surface area contributed by atoms with E-state index in [-0.39, 0.29) is 6.10 Å². The maximum atomic E-state index is 13.5. The van der Waals surface area contributed by atoms with E-state index < -0.39 is 11.6 Å². The van der Waals surface area contributed by atoms with Crippen molar-refractivity contribution < 1.29 is 14.6 Å². The molecule has 1 spiro atoms. The van der Waals surface area contributed by atoms with Crippen LogP contribution in [0.1, 0.15) is 42.4 Å². The van der Waals surface area contributed by atoms with Crippen LogP contribution in [0.2, 0.25) is 0 Å². The molecule has 3 unspecified atom stereocenters. The zero-order valence-electron chi connectivity index (χ0n) is 17.0. The van der Waals surface area contributed by atoms with Crippen molar-refractivity contribution in [2.45, 2.75) is 48.2 Å². The molecule has 0 bridgehead atoms. The maximum Gasteiger partial charge on any atom is 0.349 e. The van der Waals surface area contributed by atoms with Gasteiger partial charge in [-0.2, -0.15) is 0 Å². The van der Waals surface area contributed by atoms with E-state index in [1.807, 2.05) is 41.1 Å². The summed E-state index contributed by atoms with van der Waals surface area (Å²) >= 11 is 5.36. The van der Waals surface area contributed by atoms with Crippen LogP contribution in [-0.4, -0.2) is 21.1 Å². The second-order valence-electron chi connectivity index (χ2n) is 9.24. The normalized spacial score (nSPS) is 35.5. The van der Waals surface area contributed by atoms with Gasteiger partial charge in [-0.05, 0) is 77.7 Å². The van der Waals surface area contributed by atoms with Gasteiger partial charge in [0.1, 0.15) is 6.10 Å². The van der Waals surface area contributed by atoms with Gasteiger partial charge in [0.25, 0.3) is 0 Å². The summed E-state index contributed by atoms with van der Waals surface area (Å²) in [4.78, 5) is 14.7. The van der Waals surface area contributed by atoms with E-state index in [1.165, 1.54) is 29.1 Å². The number of thiophene rings is 2. The Balaban J connectivity index is 1.40. The summed E-state index contributed by atoms with van der Waals surface area (Å²) in [6.45, 7) is 6.27. The van der Waals surface area contributed by atoms with Crippen molar-refractivity contribution in [1.82, 2.24) is 0 Å². The van der Waals surface area contributed by atoms with Gasteiger partial charge in [-0.15, -0.1) is 29.3 Å². The quantitative estimate of drug-likeness (QED) is 0.197. The van der Waals surface area contributed by atoms with Gasteiger partial charge in [0.15, 0.2) is 0 Å². The minimum atomic E-state index is -1.72. The number of aliphatic hydroxyl groups is 1. The predicted molar refractivity (Wildman–Crippen MR) is 130 cm³/mol. The number of hydrogen-bond acceptors (Lipinski definition) is 5. The Hall–Kier alpha value is -0.700. The molecule has 3 aliphatic carbocycles. The largest absolute Gasteiger partial charge is 0.460 e. The molecule has 0 radical (unpaired) electrons. The summed E-state index contributed by atoms with van der Waals surface area (Å²) in [5.74, 6) is 2.26. The number of alkyl halides is 1. The average molecular weight is 555 g/mol. The molecule has 0 aromatic carbocycles. The lowest BCUT2D eigenvalue weighted by Crippen LogP contribution is -2.40. The first-order chi connectivity index (χ1) is 14.4. The molecule has 2 aromatic rings. The highest BCUT2D eigenvalue weighted by atomic mass is 127. The molecule has 5 rings (SSSR count). The van der Waals surface area contributed by atoms with Gasteiger partial charge in [-0.1, -0.05) is 47.7 Å². The minimum absolute atomic E-state index is 0.147. The Morgan fingerprint density at radius 1 is 1.37 bits per heavy atom. The molecule has 7 atom stereocenters. The molecule has 160 valence electrons. The van der Waals surface area contributed by atoms with Crippen LogP contribution < -0.4 is 0 Å². The summed E-state index contributed by atoms with van der Waals surface area (Å²) in [7, 11) is 0. The zero-order chi connectivity index (χ0) is 21.1. The van der Waals surface area contributed by atoms with Crippen molar-refractivity contribution in [1.29, 1.82) is 0 Å². The van der Waals surface area contributed by atoms with Gasteiger partial charge in [-0.25, -0.2) is 4.79 Å². The van der Waals surface area contributed by atoms with Crippen LogP contribution in [0.15, 0.2) is 47.7 Å². The van der Waals surface area contributed by atoms with E-state index in [2.05, 4.69) is 36.1 Å². The Morgan fingerprint density at radius 3 is 2.57 bits per heavy atom. The number of allylic oxidation sites excluding steroid dienone is 1. The Kier molecular flexibility index (Phi) is 5.44. The number of carbonyl (C=O) groups is 1. The zero-order valence-corrected chi connectivity index (χ0v) is 20.8. The summed E-state index contributed by atoms with van der Waals surface area (Å²) in [5, 5.41) is 15.4. The van der Waals surface area contributed by atoms with E-state index in [0.717, 1.165) is 31.1 Å². The standard InChI is InChI=1S/C24H27IO3S2/c1-3-6-14(2)16-11-15(12-18(25)21-17-13-23(16,17)21)28-22(26)24(27,19-7-4-9-29-19)20-8-5-10-30-20/h3-5,7-10,14-18,21,27H,1,6,11-13H2,2H3/t14?,15-,16+,17?,18+,21+,23?/m0/s1. The summed E-state index contributed by atoms with van der Waals surface area (Å²) in [5.41, 5.74) is -1.23. The van der Waals surface area contributed by atoms with Crippen LogP contribution in [0.25, 0.3) is 0 Å². The number of rotatable bonds is 7. The topological polar surface area (TPSA) is 46.5 Å². The van der Waals surface area contributed by atoms with Crippen molar-refractivity contribution in [2.24, 2.45) is 29.1 Å². The molecule has 0 amide bonds. The van der Waals surface area contributed by atoms with Crippen LogP contribution in [0.5, 0.6) is 0 Å². The third-order valence-corrected chi connectivity index (χ3v) is 10.9. The Morgan fingerprint density at radius 2 is 2.03 bits per heavy atom. The molecule has 2 aromatic heterocycles. The van der Waals surface area contributed by atoms with Gasteiger partial charge in [0, 0.05) is 3.92 Å². The van der Waals surface area contributed by atoms with Crippen molar-refractivity contribution in [3.8, 4) is 0 Å². The number of hydrogen-bond donors (Lipinski definition) is 1. The molecular weight excluding hydrogens is 527 g/mol. The monoisotopic (exact) mass is 554 g/mol. The van der Waals surface area contributed by atoms with E-state index in [0.29, 0.717) is 30.9 Å². The lowest BCUT2D eigenvalue weighted by Gasteiger charge is -2.31. The second kappa shape index (κ2) is 7.71. The number of fused-ring (bicyclic) bond motifs is 1. The molecule has 1 N–H and O–H groups in total. The summed E-state index contributed by atoms with van der Waals surface area (Å²) in [6.07, 6.45) is 6.02. The molecule has 6 heteroatoms. The molecule has 3 saturated carbocycles. The summed E-state index contributed by atoms with van der Waals surface area (Å²) < 4.78 is 6.68. The number of halogens is 1. The van der Waals surface area contributed by atoms with Crippen molar-refractivity contribution in [2.75, 3.05) is 0 Å². The smallest absolute Gasteiger partial charge is 0.349 e. The van der Waals surface area contributed by atoms with Crippen LogP contribution >= 0.6 is 45.3 Å². The Labute approximate surface area is 199 Å². The van der Waals surface area contributed by atoms with Crippen molar-refractivity contribution in [3.05, 3.63) is 57.4 Å². The highest BCUT2D eigenvalue weighted by Crippen LogP contribution is 2.87. The average Bonchev–Trinajstić information content (AvgIpc) is 3.30. The SMILES string of the molecule is C=CCC(C)[C@H]1C[C@H](OC(=O)C(O)(c2cccs2)c2cccs2)C[C@@H](I)[C@H]2C3CC312. The van der Waals surface area contributed by atoms with Gasteiger partial charge < -0.3 is 9.84 Å². The molecule has 3 fully saturated rings. The molecule has 3 nitrogen and oxygen atoms in total. The van der Waals surface area contributed by atoms with Crippen LogP contribution in [0, 0.1) is 29.1 Å². The van der Waals surface area contributed by atoms with Crippen molar-refractivity contribution >= 4 is 51.2 Å². The lowest BCUT2D eigenvalue weighted by molar-refractivity contribution is -0.168. The third kappa shape index (κ3) is 3.16. The van der Waals surface area contributed by atoms with Gasteiger partial charge in [-0.3, -0.25) is 0 Å². The van der Waals surface area contributed by atoms with Gasteiger partial charge in [0.05, 0.1) is 9.75 Å². The van der Waals surface area contributed by atoms with Gasteiger partial charge >= 0.3 is 5.97 Å². The number of ether oxygens (including phenoxy) is 1. The fourth-order valence-electron chi connectivity index (χ4n) is 6.07. The van der Waals surface area contributed by atoms with Crippen LogP contribution in [-0.2, 0) is 15.1 Å². The van der Waals surface area contributed by atoms with E-state index in [9.17, 15) is 9.90 Å². The van der Waals surface area contributed by atoms with Gasteiger partial charge in [0.2, 0.25) is 5.60 Å². The molecular formula is C24H27IO3S2. The molecule has 2 heterocycles. The third-order valence-electron chi connectivity index (χ3n) is 7.68. The minimum Gasteiger partial charge on any atom is -0.460 e. The fraction of sp³-hybridized carbons (Fsp3) is 0.542. The lowest BCUT2D eigenvalue weighted by atomic mass is 9.78. The molecule has 0 aliphatic heterocycles. The van der Waals surface area contributed by atoms with Crippen molar-refractivity contribution in [3.63, 3.8) is 0 Å². The first-order valence-electron chi connectivity index (χ1n) is 10.7. The molecule has 30 heavy (non-hydrogen) atoms. The first-order valence-corrected chi connectivity index (χ1v) is 13.7. The Bertz CT molecular complexity index is 890. The maximum absolute atomic E-state index is 13.5. The number of carbonyl (C=O) groups excluding carboxylic acids is 1. The second-order valence-corrected chi connectivity index (χ2v) is 12.7. The number of esters is 1. The fourth-order valence-corrected chi connectivity index (χ4v) is 9.52. The van der Waals surface area contributed by atoms with Crippen LogP contribution in [0.3, 0.4) is 0 Å². The van der Waals surface area contributed by atoms with Crippen LogP contribution in [0.4, 0.5) is 0 Å². The van der Waals surface area contributed by atoms with E-state index in [4.69, 9.17) is 4.74 Å². The van der Waals surface area contributed by atoms with E-state index in [1.54, 1.807) is 0 Å². The highest BCUT2D eigenvalue weighted by molar-refractivity contribution is 14.1. The first kappa shape index (κ1) is 21.2.